The van der Waals surface area contributed by atoms with E-state index in [0.717, 1.165) is 4.90 Å². The van der Waals surface area contributed by atoms with Crippen LogP contribution >= 0.6 is 0 Å². The molecule has 5 N–H and O–H groups in total. The second kappa shape index (κ2) is 7.26. The monoisotopic (exact) mass is 469 g/mol. The Labute approximate surface area is 190 Å². The first-order valence-electron chi connectivity index (χ1n) is 10.5. The quantitative estimate of drug-likeness (QED) is 0.250. The molecule has 0 radical (unpaired) electrons. The number of nitrogens with zero attached hydrogens (tertiary/aromatic N) is 1. The second-order valence-electron chi connectivity index (χ2n) is 8.43. The number of Topliss-reactive ketones (excluding diaryl/α,β-unsaturated/α-hetero) is 1. The number of hydrogen-bond donors (Lipinski definition) is 5. The molecule has 0 unspecified atom stereocenters. The summed E-state index contributed by atoms with van der Waals surface area (Å²) in [7, 11) is 0. The molecule has 5 atom stereocenters. The largest absolute Gasteiger partial charge is 0.508 e. The van der Waals surface area contributed by atoms with Gasteiger partial charge in [-0.15, -0.1) is 0 Å². The van der Waals surface area contributed by atoms with E-state index in [1.54, 1.807) is 12.1 Å². The van der Waals surface area contributed by atoms with Crippen molar-refractivity contribution in [3.63, 3.8) is 0 Å². The number of carbonyl (C=O) groups is 2. The average Bonchev–Trinajstić information content (AvgIpc) is 3.30. The molecule has 1 saturated heterocycles. The first-order chi connectivity index (χ1) is 16.3. The second-order valence-corrected chi connectivity index (χ2v) is 8.43. The molecule has 3 aromatic carbocycles. The molecule has 3 aliphatic heterocycles. The van der Waals surface area contributed by atoms with Crippen molar-refractivity contribution in [1.29, 1.82) is 0 Å². The Morgan fingerprint density at radius 2 is 1.76 bits per heavy atom. The summed E-state index contributed by atoms with van der Waals surface area (Å²) in [6.45, 7) is -0.796. The van der Waals surface area contributed by atoms with Gasteiger partial charge in [-0.1, -0.05) is 6.07 Å². The van der Waals surface area contributed by atoms with E-state index in [0.29, 0.717) is 27.3 Å². The van der Waals surface area contributed by atoms with Crippen molar-refractivity contribution < 1.29 is 49.3 Å². The molecule has 34 heavy (non-hydrogen) atoms. The number of aromatic hydroxyl groups is 1. The maximum Gasteiger partial charge on any atom is 0.301 e. The molecule has 0 aromatic heterocycles. The van der Waals surface area contributed by atoms with Gasteiger partial charge in [-0.3, -0.25) is 14.5 Å². The molecular weight excluding hydrogens is 450 g/mol. The third-order valence-corrected chi connectivity index (χ3v) is 6.56. The molecule has 1 amide bonds. The number of rotatable bonds is 2. The number of ether oxygens (including phenoxy) is 3. The highest BCUT2D eigenvalue weighted by atomic mass is 16.7. The highest BCUT2D eigenvalue weighted by Gasteiger charge is 2.50. The maximum absolute atomic E-state index is 13.3. The number of carbonyl (C=O) groups excluding carboxylic acids is 2. The van der Waals surface area contributed by atoms with Gasteiger partial charge in [0.05, 0.1) is 12.3 Å². The fourth-order valence-electron chi connectivity index (χ4n) is 4.92. The van der Waals surface area contributed by atoms with E-state index in [2.05, 4.69) is 0 Å². The SMILES string of the molecule is O=C1C(=O)N([C@@H]2O[C@H](CO)[C@@H](O)[C@H](O)[C@H]2O)c2cc3ccc(O)cc3c3c4c(cc1c23)OCO4. The predicted octanol–water partition coefficient (Wildman–Crippen LogP) is -0.243. The number of hydrogen-bond acceptors (Lipinski definition) is 10. The lowest BCUT2D eigenvalue weighted by molar-refractivity contribution is -0.228. The van der Waals surface area contributed by atoms with Crippen LogP contribution < -0.4 is 14.4 Å². The average molecular weight is 469 g/mol. The van der Waals surface area contributed by atoms with Crippen molar-refractivity contribution in [2.45, 2.75) is 30.6 Å². The molecule has 3 aromatic rings. The highest BCUT2D eigenvalue weighted by molar-refractivity contribution is 6.53. The van der Waals surface area contributed by atoms with Gasteiger partial charge in [-0.05, 0) is 35.0 Å². The van der Waals surface area contributed by atoms with Crippen molar-refractivity contribution in [1.82, 2.24) is 0 Å². The first kappa shape index (κ1) is 21.1. The number of benzene rings is 3. The van der Waals surface area contributed by atoms with Crippen LogP contribution in [-0.4, -0.2) is 81.3 Å². The van der Waals surface area contributed by atoms with E-state index in [1.807, 2.05) is 0 Å². The van der Waals surface area contributed by atoms with Gasteiger partial charge in [0.1, 0.15) is 30.2 Å². The van der Waals surface area contributed by atoms with Gasteiger partial charge in [0.15, 0.2) is 17.7 Å². The summed E-state index contributed by atoms with van der Waals surface area (Å²) in [6.07, 6.45) is -8.02. The highest BCUT2D eigenvalue weighted by Crippen LogP contribution is 2.50. The van der Waals surface area contributed by atoms with Crippen LogP contribution in [0.15, 0.2) is 30.3 Å². The summed E-state index contributed by atoms with van der Waals surface area (Å²) in [5, 5.41) is 52.7. The molecule has 0 saturated carbocycles. The number of fused-ring (bicyclic) bond motifs is 4. The molecule has 0 spiro atoms. The molecule has 0 aliphatic carbocycles. The van der Waals surface area contributed by atoms with Crippen molar-refractivity contribution in [2.75, 3.05) is 18.3 Å². The minimum atomic E-state index is -1.78. The number of aliphatic hydroxyl groups is 4. The maximum atomic E-state index is 13.3. The summed E-state index contributed by atoms with van der Waals surface area (Å²) in [4.78, 5) is 27.5. The number of phenols is 1. The lowest BCUT2D eigenvalue weighted by atomic mass is 9.88. The Bertz CT molecular complexity index is 1390. The van der Waals surface area contributed by atoms with Crippen LogP contribution in [0.1, 0.15) is 10.4 Å². The van der Waals surface area contributed by atoms with Crippen LogP contribution in [0.3, 0.4) is 0 Å². The molecule has 3 heterocycles. The van der Waals surface area contributed by atoms with Gasteiger partial charge in [0.25, 0.3) is 5.78 Å². The number of ketones is 1. The van der Waals surface area contributed by atoms with Crippen LogP contribution in [0, 0.1) is 0 Å². The Kier molecular flexibility index (Phi) is 4.50. The third-order valence-electron chi connectivity index (χ3n) is 6.56. The normalized spacial score (nSPS) is 28.2. The van der Waals surface area contributed by atoms with Gasteiger partial charge < -0.3 is 39.7 Å². The Morgan fingerprint density at radius 1 is 0.971 bits per heavy atom. The van der Waals surface area contributed by atoms with Crippen LogP contribution in [0.5, 0.6) is 17.2 Å². The van der Waals surface area contributed by atoms with Gasteiger partial charge in [-0.25, -0.2) is 0 Å². The molecule has 0 bridgehead atoms. The molecule has 11 nitrogen and oxygen atoms in total. The summed E-state index contributed by atoms with van der Waals surface area (Å²) in [6, 6.07) is 7.57. The van der Waals surface area contributed by atoms with Gasteiger partial charge in [-0.2, -0.15) is 0 Å². The zero-order valence-corrected chi connectivity index (χ0v) is 17.4. The van der Waals surface area contributed by atoms with E-state index in [1.165, 1.54) is 18.2 Å². The van der Waals surface area contributed by atoms with E-state index in [-0.39, 0.29) is 29.5 Å². The molecule has 176 valence electrons. The lowest BCUT2D eigenvalue weighted by Crippen LogP contribution is -2.65. The van der Waals surface area contributed by atoms with E-state index in [9.17, 15) is 35.1 Å². The Balaban J connectivity index is 1.67. The summed E-state index contributed by atoms with van der Waals surface area (Å²) in [5.41, 5.74) is 0.237. The van der Waals surface area contributed by atoms with Crippen molar-refractivity contribution in [3.8, 4) is 17.2 Å². The van der Waals surface area contributed by atoms with Gasteiger partial charge >= 0.3 is 5.91 Å². The zero-order valence-electron chi connectivity index (χ0n) is 17.4. The van der Waals surface area contributed by atoms with Gasteiger partial charge in [0, 0.05) is 16.3 Å². The standard InChI is InChI=1S/C23H19NO10/c25-6-14-18(28)19(29)20(30)23(34-14)24-12-3-8-1-2-9(26)4-10(8)16-15(12)11(17(27)22(24)31)5-13-21(16)33-7-32-13/h1-5,14,18-20,23,25-26,28-30H,6-7H2/t14-,18-,19+,20-,23-/m1/s1. The summed E-state index contributed by atoms with van der Waals surface area (Å²) >= 11 is 0. The molecular formula is C23H19NO10. The topological polar surface area (TPSA) is 166 Å². The van der Waals surface area contributed by atoms with Crippen LogP contribution in [-0.2, 0) is 9.53 Å². The summed E-state index contributed by atoms with van der Waals surface area (Å²) in [5.74, 6) is -1.37. The van der Waals surface area contributed by atoms with E-state index >= 15 is 0 Å². The van der Waals surface area contributed by atoms with E-state index in [4.69, 9.17) is 14.2 Å². The number of aliphatic hydroxyl groups excluding tert-OH is 4. The fraction of sp³-hybridized carbons (Fsp3) is 0.304. The Morgan fingerprint density at radius 3 is 2.53 bits per heavy atom. The molecule has 11 heteroatoms. The predicted molar refractivity (Wildman–Crippen MR) is 115 cm³/mol. The zero-order chi connectivity index (χ0) is 23.9. The third kappa shape index (κ3) is 2.70. The van der Waals surface area contributed by atoms with Crippen molar-refractivity contribution in [2.24, 2.45) is 0 Å². The van der Waals surface area contributed by atoms with Gasteiger partial charge in [0.2, 0.25) is 6.79 Å². The Hall–Kier alpha value is -3.48. The van der Waals surface area contributed by atoms with Crippen molar-refractivity contribution in [3.05, 3.63) is 35.9 Å². The number of amides is 1. The lowest BCUT2D eigenvalue weighted by Gasteiger charge is -2.45. The van der Waals surface area contributed by atoms with E-state index < -0.39 is 48.9 Å². The minimum Gasteiger partial charge on any atom is -0.508 e. The fourth-order valence-corrected chi connectivity index (χ4v) is 4.92. The number of phenolic OH excluding ortho intramolecular Hbond substituents is 1. The molecule has 6 rings (SSSR count). The minimum absolute atomic E-state index is 0.0233. The molecule has 1 fully saturated rings. The summed E-state index contributed by atoms with van der Waals surface area (Å²) < 4.78 is 16.7. The molecule has 3 aliphatic rings. The van der Waals surface area contributed by atoms with Crippen molar-refractivity contribution >= 4 is 38.9 Å². The first-order valence-corrected chi connectivity index (χ1v) is 10.5. The number of anilines is 1. The van der Waals surface area contributed by atoms with Crippen LogP contribution in [0.4, 0.5) is 5.69 Å². The van der Waals surface area contributed by atoms with Crippen LogP contribution in [0.2, 0.25) is 0 Å². The smallest absolute Gasteiger partial charge is 0.301 e. The van der Waals surface area contributed by atoms with Crippen LogP contribution in [0.25, 0.3) is 21.5 Å².